The van der Waals surface area contributed by atoms with Crippen molar-refractivity contribution in [3.05, 3.63) is 60.3 Å². The van der Waals surface area contributed by atoms with Gasteiger partial charge < -0.3 is 21.5 Å². The Kier molecular flexibility index (Phi) is 4.98. The predicted molar refractivity (Wildman–Crippen MR) is 102 cm³/mol. The molecule has 0 bridgehead atoms. The average Bonchev–Trinajstić information content (AvgIpc) is 2.64. The molecule has 0 aliphatic carbocycles. The van der Waals surface area contributed by atoms with E-state index in [1.54, 1.807) is 43.5 Å². The van der Waals surface area contributed by atoms with E-state index in [1.807, 2.05) is 18.2 Å². The topological polar surface area (TPSA) is 116 Å². The van der Waals surface area contributed by atoms with Crippen LogP contribution in [0.1, 0.15) is 17.3 Å². The van der Waals surface area contributed by atoms with E-state index in [0.717, 1.165) is 0 Å². The van der Waals surface area contributed by atoms with Crippen LogP contribution in [0.2, 0.25) is 0 Å². The molecule has 26 heavy (non-hydrogen) atoms. The fourth-order valence-electron chi connectivity index (χ4n) is 2.45. The van der Waals surface area contributed by atoms with Crippen molar-refractivity contribution in [3.63, 3.8) is 0 Å². The third-order valence-corrected chi connectivity index (χ3v) is 3.70. The van der Waals surface area contributed by atoms with Gasteiger partial charge in [0, 0.05) is 11.8 Å². The molecule has 0 aliphatic rings. The Bertz CT molecular complexity index is 928. The Hall–Kier alpha value is -3.61. The number of hydrogen-bond acceptors (Lipinski definition) is 7. The number of nitrogen functional groups attached to an aromatic ring is 2. The molecule has 0 saturated carbocycles. The van der Waals surface area contributed by atoms with Crippen LogP contribution in [0, 0.1) is 0 Å². The molecule has 7 heteroatoms. The van der Waals surface area contributed by atoms with E-state index in [-0.39, 0.29) is 23.8 Å². The number of anilines is 4. The first-order valence-corrected chi connectivity index (χ1v) is 8.10. The lowest BCUT2D eigenvalue weighted by atomic mass is 10.1. The lowest BCUT2D eigenvalue weighted by Crippen LogP contribution is -2.12. The molecule has 0 saturated heterocycles. The maximum Gasteiger partial charge on any atom is 0.341 e. The number of ether oxygens (including phenoxy) is 1. The first-order chi connectivity index (χ1) is 12.6. The Balaban J connectivity index is 2.10. The zero-order chi connectivity index (χ0) is 18.5. The van der Waals surface area contributed by atoms with Gasteiger partial charge in [-0.15, -0.1) is 0 Å². The quantitative estimate of drug-likeness (QED) is 0.478. The molecule has 0 fully saturated rings. The number of nitrogens with zero attached hydrogens (tertiary/aromatic N) is 2. The van der Waals surface area contributed by atoms with E-state index >= 15 is 0 Å². The minimum atomic E-state index is -0.505. The second-order valence-electron chi connectivity index (χ2n) is 5.47. The van der Waals surface area contributed by atoms with Crippen molar-refractivity contribution in [2.45, 2.75) is 6.92 Å². The Labute approximate surface area is 151 Å². The maximum atomic E-state index is 12.4. The number of hydrogen-bond donors (Lipinski definition) is 3. The molecule has 0 unspecified atom stereocenters. The van der Waals surface area contributed by atoms with Gasteiger partial charge in [-0.1, -0.05) is 18.2 Å². The highest BCUT2D eigenvalue weighted by Gasteiger charge is 2.19. The van der Waals surface area contributed by atoms with Crippen molar-refractivity contribution < 1.29 is 9.53 Å². The molecule has 1 aromatic carbocycles. The molecule has 0 aliphatic heterocycles. The number of para-hydroxylation sites is 2. The van der Waals surface area contributed by atoms with Crippen LogP contribution in [0.15, 0.2) is 54.7 Å². The van der Waals surface area contributed by atoms with Crippen LogP contribution >= 0.6 is 0 Å². The summed E-state index contributed by atoms with van der Waals surface area (Å²) in [6.45, 7) is 1.99. The number of rotatable bonds is 5. The molecule has 0 spiro atoms. The highest BCUT2D eigenvalue weighted by molar-refractivity contribution is 5.98. The molecule has 7 nitrogen and oxygen atoms in total. The van der Waals surface area contributed by atoms with Gasteiger partial charge in [-0.2, -0.15) is 0 Å². The first kappa shape index (κ1) is 17.2. The van der Waals surface area contributed by atoms with E-state index in [2.05, 4.69) is 15.3 Å². The summed E-state index contributed by atoms with van der Waals surface area (Å²) in [5.41, 5.74) is 14.7. The lowest BCUT2D eigenvalue weighted by Gasteiger charge is -2.15. The zero-order valence-electron chi connectivity index (χ0n) is 14.3. The van der Waals surface area contributed by atoms with Crippen molar-refractivity contribution >= 4 is 29.0 Å². The zero-order valence-corrected chi connectivity index (χ0v) is 14.3. The molecule has 3 aromatic rings. The third kappa shape index (κ3) is 3.56. The highest BCUT2D eigenvalue weighted by Crippen LogP contribution is 2.31. The molecule has 3 rings (SSSR count). The van der Waals surface area contributed by atoms with Gasteiger partial charge in [0.2, 0.25) is 0 Å². The van der Waals surface area contributed by atoms with Gasteiger partial charge in [0.05, 0.1) is 23.7 Å². The molecule has 2 heterocycles. The Morgan fingerprint density at radius 1 is 1.15 bits per heavy atom. The van der Waals surface area contributed by atoms with Crippen LogP contribution in [0.4, 0.5) is 23.0 Å². The fourth-order valence-corrected chi connectivity index (χ4v) is 2.45. The highest BCUT2D eigenvalue weighted by atomic mass is 16.5. The van der Waals surface area contributed by atoms with Crippen LogP contribution in [-0.2, 0) is 4.74 Å². The second-order valence-corrected chi connectivity index (χ2v) is 5.47. The van der Waals surface area contributed by atoms with E-state index in [9.17, 15) is 4.79 Å². The molecule has 132 valence electrons. The molecule has 0 atom stereocenters. The minimum Gasteiger partial charge on any atom is -0.462 e. The first-order valence-electron chi connectivity index (χ1n) is 8.10. The fraction of sp³-hybridized carbons (Fsp3) is 0.105. The maximum absolute atomic E-state index is 12.4. The number of nitrogens with two attached hydrogens (primary N) is 2. The van der Waals surface area contributed by atoms with Crippen molar-refractivity contribution in [3.8, 4) is 11.3 Å². The number of carbonyl (C=O) groups excluding carboxylic acids is 1. The van der Waals surface area contributed by atoms with E-state index in [1.165, 1.54) is 0 Å². The summed E-state index contributed by atoms with van der Waals surface area (Å²) in [6, 6.07) is 14.2. The number of aromatic nitrogens is 2. The van der Waals surface area contributed by atoms with Crippen LogP contribution < -0.4 is 16.8 Å². The Morgan fingerprint density at radius 2 is 1.92 bits per heavy atom. The summed E-state index contributed by atoms with van der Waals surface area (Å²) < 4.78 is 5.16. The summed E-state index contributed by atoms with van der Waals surface area (Å²) in [7, 11) is 0. The van der Waals surface area contributed by atoms with Gasteiger partial charge in [0.25, 0.3) is 0 Å². The average molecular weight is 349 g/mol. The molecular weight excluding hydrogens is 330 g/mol. The molecule has 0 amide bonds. The predicted octanol–water partition coefficient (Wildman–Crippen LogP) is 3.23. The van der Waals surface area contributed by atoms with Gasteiger partial charge in [-0.25, -0.2) is 9.78 Å². The van der Waals surface area contributed by atoms with Crippen LogP contribution in [0.25, 0.3) is 11.3 Å². The Morgan fingerprint density at radius 3 is 2.62 bits per heavy atom. The summed E-state index contributed by atoms with van der Waals surface area (Å²) in [5, 5.41) is 3.06. The number of nitrogens with one attached hydrogen (secondary N) is 1. The standard InChI is InChI=1S/C19H19N5O2/c1-2-26-19(25)13-11-12(15-8-5-6-10-22-15)17(21)24-18(13)23-16-9-4-3-7-14(16)20/h3-11H,2,20H2,1H3,(H3,21,23,24). The van der Waals surface area contributed by atoms with E-state index in [0.29, 0.717) is 22.6 Å². The third-order valence-electron chi connectivity index (χ3n) is 3.70. The summed E-state index contributed by atoms with van der Waals surface area (Å²) in [5.74, 6) is 0.0152. The van der Waals surface area contributed by atoms with E-state index < -0.39 is 5.97 Å². The van der Waals surface area contributed by atoms with Crippen LogP contribution in [0.3, 0.4) is 0 Å². The number of carbonyl (C=O) groups is 1. The van der Waals surface area contributed by atoms with Gasteiger partial charge in [0.1, 0.15) is 17.2 Å². The van der Waals surface area contributed by atoms with Gasteiger partial charge in [-0.05, 0) is 37.3 Å². The van der Waals surface area contributed by atoms with Gasteiger partial charge in [-0.3, -0.25) is 4.98 Å². The van der Waals surface area contributed by atoms with E-state index in [4.69, 9.17) is 16.2 Å². The lowest BCUT2D eigenvalue weighted by molar-refractivity contribution is 0.0527. The van der Waals surface area contributed by atoms with Crippen molar-refractivity contribution in [2.75, 3.05) is 23.4 Å². The summed E-state index contributed by atoms with van der Waals surface area (Å²) in [6.07, 6.45) is 1.65. The summed E-state index contributed by atoms with van der Waals surface area (Å²) >= 11 is 0. The van der Waals surface area contributed by atoms with Crippen LogP contribution in [-0.4, -0.2) is 22.5 Å². The van der Waals surface area contributed by atoms with Crippen LogP contribution in [0.5, 0.6) is 0 Å². The summed E-state index contributed by atoms with van der Waals surface area (Å²) in [4.78, 5) is 21.1. The SMILES string of the molecule is CCOC(=O)c1cc(-c2ccccn2)c(N)nc1Nc1ccccc1N. The van der Waals surface area contributed by atoms with Gasteiger partial charge in [0.15, 0.2) is 0 Å². The van der Waals surface area contributed by atoms with Gasteiger partial charge >= 0.3 is 5.97 Å². The smallest absolute Gasteiger partial charge is 0.341 e. The number of pyridine rings is 2. The van der Waals surface area contributed by atoms with Crippen molar-refractivity contribution in [1.82, 2.24) is 9.97 Å². The number of esters is 1. The normalized spacial score (nSPS) is 10.3. The molecule has 2 aromatic heterocycles. The minimum absolute atomic E-state index is 0.244. The molecular formula is C19H19N5O2. The largest absolute Gasteiger partial charge is 0.462 e. The van der Waals surface area contributed by atoms with Crippen molar-refractivity contribution in [2.24, 2.45) is 0 Å². The monoisotopic (exact) mass is 349 g/mol. The second kappa shape index (κ2) is 7.52. The molecule has 0 radical (unpaired) electrons. The molecule has 5 N–H and O–H groups in total. The van der Waals surface area contributed by atoms with Crippen molar-refractivity contribution in [1.29, 1.82) is 0 Å². The number of benzene rings is 1.